The number of carbonyl (C=O) groups excluding carboxylic acids is 2. The number of aromatic nitrogens is 4. The molecule has 0 spiro atoms. The fraction of sp³-hybridized carbons (Fsp3) is 0.381. The van der Waals surface area contributed by atoms with E-state index in [1.165, 1.54) is 30.1 Å². The molecule has 9 nitrogen and oxygen atoms in total. The number of hydrogen-bond donors (Lipinski definition) is 2. The normalized spacial score (nSPS) is 13.4. The minimum absolute atomic E-state index is 0.0279. The maximum atomic E-state index is 12.5. The molecular formula is C21H27N7O2. The number of hydrogen-bond acceptors (Lipinski definition) is 6. The zero-order chi connectivity index (χ0) is 21.5. The summed E-state index contributed by atoms with van der Waals surface area (Å²) in [5, 5.41) is 6.92. The van der Waals surface area contributed by atoms with Gasteiger partial charge >= 0.3 is 0 Å². The smallest absolute Gasteiger partial charge is 0.273 e. The largest absolute Gasteiger partial charge is 0.368 e. The van der Waals surface area contributed by atoms with Gasteiger partial charge in [0.1, 0.15) is 24.4 Å². The molecule has 1 aliphatic carbocycles. The molecule has 1 aliphatic rings. The fourth-order valence-electron chi connectivity index (χ4n) is 3.09. The average molecular weight is 409 g/mol. The van der Waals surface area contributed by atoms with Gasteiger partial charge in [0.25, 0.3) is 5.91 Å². The highest BCUT2D eigenvalue weighted by molar-refractivity contribution is 5.93. The van der Waals surface area contributed by atoms with Crippen LogP contribution in [0.4, 0.5) is 5.82 Å². The van der Waals surface area contributed by atoms with Crippen molar-refractivity contribution in [2.75, 3.05) is 18.0 Å². The topological polar surface area (TPSA) is 119 Å². The first kappa shape index (κ1) is 21.2. The van der Waals surface area contributed by atoms with E-state index in [1.54, 1.807) is 24.4 Å². The monoisotopic (exact) mass is 409 g/mol. The number of amides is 2. The van der Waals surface area contributed by atoms with Crippen LogP contribution in [0.3, 0.4) is 0 Å². The van der Waals surface area contributed by atoms with E-state index in [9.17, 15) is 9.59 Å². The quantitative estimate of drug-likeness (QED) is 0.584. The summed E-state index contributed by atoms with van der Waals surface area (Å²) in [6.07, 6.45) is 11.4. The summed E-state index contributed by atoms with van der Waals surface area (Å²) in [7, 11) is 0. The van der Waals surface area contributed by atoms with Crippen molar-refractivity contribution >= 4 is 29.8 Å². The van der Waals surface area contributed by atoms with E-state index >= 15 is 0 Å². The number of nitrogens with one attached hydrogen (secondary N) is 1. The Kier molecular flexibility index (Phi) is 6.95. The fourth-order valence-corrected chi connectivity index (χ4v) is 3.09. The molecule has 158 valence electrons. The van der Waals surface area contributed by atoms with Gasteiger partial charge < -0.3 is 16.0 Å². The number of primary amides is 1. The van der Waals surface area contributed by atoms with Crippen molar-refractivity contribution in [1.29, 1.82) is 0 Å². The van der Waals surface area contributed by atoms with E-state index in [-0.39, 0.29) is 12.5 Å². The lowest BCUT2D eigenvalue weighted by Gasteiger charge is -2.23. The van der Waals surface area contributed by atoms with Crippen molar-refractivity contribution < 1.29 is 9.59 Å². The van der Waals surface area contributed by atoms with Gasteiger partial charge in [0.15, 0.2) is 0 Å². The summed E-state index contributed by atoms with van der Waals surface area (Å²) < 4.78 is 1.43. The second-order valence-corrected chi connectivity index (χ2v) is 7.30. The number of nitrogens with zero attached hydrogens (tertiary/aromatic N) is 5. The number of carbonyl (C=O) groups is 2. The summed E-state index contributed by atoms with van der Waals surface area (Å²) in [4.78, 5) is 34.3. The lowest BCUT2D eigenvalue weighted by Crippen LogP contribution is -2.28. The van der Waals surface area contributed by atoms with Crippen LogP contribution < -0.4 is 16.0 Å². The summed E-state index contributed by atoms with van der Waals surface area (Å²) in [5.41, 5.74) is 6.78. The number of anilines is 1. The van der Waals surface area contributed by atoms with Crippen LogP contribution in [0.5, 0.6) is 0 Å². The lowest BCUT2D eigenvalue weighted by atomic mass is 10.2. The van der Waals surface area contributed by atoms with E-state index in [4.69, 9.17) is 5.73 Å². The van der Waals surface area contributed by atoms with E-state index in [1.807, 2.05) is 0 Å². The molecule has 0 aromatic carbocycles. The van der Waals surface area contributed by atoms with Crippen molar-refractivity contribution in [2.45, 2.75) is 32.7 Å². The minimum atomic E-state index is -0.490. The van der Waals surface area contributed by atoms with Crippen molar-refractivity contribution in [3.8, 4) is 0 Å². The van der Waals surface area contributed by atoms with Crippen LogP contribution in [0.2, 0.25) is 0 Å². The second-order valence-electron chi connectivity index (χ2n) is 7.30. The molecule has 0 unspecified atom stereocenters. The van der Waals surface area contributed by atoms with Crippen LogP contribution in [0.15, 0.2) is 31.4 Å². The molecule has 1 saturated carbocycles. The van der Waals surface area contributed by atoms with Crippen LogP contribution in [0, 0.1) is 5.92 Å². The maximum Gasteiger partial charge on any atom is 0.273 e. The molecule has 1 fully saturated rings. The minimum Gasteiger partial charge on any atom is -0.368 e. The third-order valence-electron chi connectivity index (χ3n) is 4.69. The summed E-state index contributed by atoms with van der Waals surface area (Å²) in [6, 6.07) is 1.72. The van der Waals surface area contributed by atoms with Crippen molar-refractivity contribution in [3.05, 3.63) is 48.3 Å². The van der Waals surface area contributed by atoms with Gasteiger partial charge in [-0.25, -0.2) is 9.97 Å². The summed E-state index contributed by atoms with van der Waals surface area (Å²) >= 11 is 0. The van der Waals surface area contributed by atoms with Gasteiger partial charge in [0.05, 0.1) is 5.69 Å². The molecule has 9 heteroatoms. The third-order valence-corrected chi connectivity index (χ3v) is 4.69. The van der Waals surface area contributed by atoms with Gasteiger partial charge in [-0.15, -0.1) is 0 Å². The molecule has 0 aliphatic heterocycles. The Balaban J connectivity index is 1.66. The van der Waals surface area contributed by atoms with Crippen LogP contribution in [-0.2, 0) is 11.3 Å². The third kappa shape index (κ3) is 5.76. The van der Waals surface area contributed by atoms with Crippen LogP contribution in [0.1, 0.15) is 47.9 Å². The number of nitrogens with two attached hydrogens (primary N) is 1. The van der Waals surface area contributed by atoms with E-state index in [0.717, 1.165) is 31.2 Å². The molecule has 2 aromatic heterocycles. The Labute approximate surface area is 175 Å². The highest BCUT2D eigenvalue weighted by Gasteiger charge is 2.25. The first-order valence-electron chi connectivity index (χ1n) is 10.0. The highest BCUT2D eigenvalue weighted by Crippen LogP contribution is 2.31. The molecule has 2 heterocycles. The molecule has 2 aromatic rings. The van der Waals surface area contributed by atoms with Gasteiger partial charge in [-0.3, -0.25) is 14.3 Å². The van der Waals surface area contributed by atoms with Gasteiger partial charge in [-0.1, -0.05) is 13.5 Å². The van der Waals surface area contributed by atoms with Crippen LogP contribution in [0.25, 0.3) is 12.2 Å². The molecule has 30 heavy (non-hydrogen) atoms. The van der Waals surface area contributed by atoms with Crippen LogP contribution in [-0.4, -0.2) is 44.7 Å². The molecule has 0 bridgehead atoms. The second kappa shape index (κ2) is 9.82. The molecule has 0 radical (unpaired) electrons. The van der Waals surface area contributed by atoms with E-state index in [0.29, 0.717) is 17.0 Å². The molecule has 0 saturated heterocycles. The molecule has 0 atom stereocenters. The average Bonchev–Trinajstić information content (AvgIpc) is 3.46. The molecule has 3 rings (SSSR count). The Morgan fingerprint density at radius 2 is 2.20 bits per heavy atom. The van der Waals surface area contributed by atoms with Crippen molar-refractivity contribution in [2.24, 2.45) is 11.7 Å². The zero-order valence-corrected chi connectivity index (χ0v) is 17.1. The van der Waals surface area contributed by atoms with Gasteiger partial charge in [0, 0.05) is 37.1 Å². The van der Waals surface area contributed by atoms with E-state index in [2.05, 4.69) is 38.8 Å². The lowest BCUT2D eigenvalue weighted by molar-refractivity contribution is -0.118. The Morgan fingerprint density at radius 3 is 2.87 bits per heavy atom. The summed E-state index contributed by atoms with van der Waals surface area (Å²) in [5.74, 6) is 0.675. The van der Waals surface area contributed by atoms with Crippen molar-refractivity contribution in [1.82, 2.24) is 25.1 Å². The maximum absolute atomic E-state index is 12.5. The van der Waals surface area contributed by atoms with Gasteiger partial charge in [-0.2, -0.15) is 5.10 Å². The SMILES string of the molecule is C=Cc1nn(CC(N)=O)cc1C=CNC(=O)c1cc(N(CCC)CC2CC2)ncn1. The van der Waals surface area contributed by atoms with Crippen LogP contribution >= 0.6 is 0 Å². The molecule has 2 amide bonds. The Hall–Kier alpha value is -3.49. The van der Waals surface area contributed by atoms with Gasteiger partial charge in [-0.05, 0) is 37.3 Å². The van der Waals surface area contributed by atoms with E-state index < -0.39 is 5.91 Å². The Morgan fingerprint density at radius 1 is 1.40 bits per heavy atom. The highest BCUT2D eigenvalue weighted by atomic mass is 16.2. The first-order valence-corrected chi connectivity index (χ1v) is 10.0. The standard InChI is InChI=1S/C21H27N7O2/c1-3-9-27(11-15-5-6-15)20-10-18(24-14-25-20)21(30)23-8-7-16-12-28(13-19(22)29)26-17(16)4-2/h4,7-8,10,12,14-15H,2-3,5-6,9,11,13H2,1H3,(H2,22,29)(H,23,30). The number of rotatable bonds is 11. The molecule has 3 N–H and O–H groups in total. The van der Waals surface area contributed by atoms with Crippen molar-refractivity contribution in [3.63, 3.8) is 0 Å². The molecular weight excluding hydrogens is 382 g/mol. The predicted molar refractivity (Wildman–Crippen MR) is 115 cm³/mol. The Bertz CT molecular complexity index is 947. The predicted octanol–water partition coefficient (Wildman–Crippen LogP) is 1.83. The summed E-state index contributed by atoms with van der Waals surface area (Å²) in [6.45, 7) is 7.67. The first-order chi connectivity index (χ1) is 14.5. The zero-order valence-electron chi connectivity index (χ0n) is 17.1. The van der Waals surface area contributed by atoms with Gasteiger partial charge in [0.2, 0.25) is 5.91 Å².